The van der Waals surface area contributed by atoms with Gasteiger partial charge in [-0.25, -0.2) is 4.99 Å². The Labute approximate surface area is 118 Å². The highest BCUT2D eigenvalue weighted by atomic mass is 32.1. The number of aryl methyl sites for hydroxylation is 1. The molecule has 2 heterocycles. The van der Waals surface area contributed by atoms with Crippen LogP contribution in [0.4, 0.5) is 5.69 Å². The lowest BCUT2D eigenvalue weighted by Gasteiger charge is -2.35. The summed E-state index contributed by atoms with van der Waals surface area (Å²) < 4.78 is 0. The van der Waals surface area contributed by atoms with E-state index in [4.69, 9.17) is 11.5 Å². The Balaban J connectivity index is 2.22. The number of aliphatic imine (C=N–C) groups is 1. The van der Waals surface area contributed by atoms with Crippen LogP contribution in [0.15, 0.2) is 17.0 Å². The van der Waals surface area contributed by atoms with E-state index in [2.05, 4.69) is 33.8 Å². The molecule has 1 fully saturated rings. The van der Waals surface area contributed by atoms with Gasteiger partial charge in [0.15, 0.2) is 5.96 Å². The highest BCUT2D eigenvalue weighted by Gasteiger charge is 2.20. The number of rotatable bonds is 3. The molecule has 1 aliphatic rings. The van der Waals surface area contributed by atoms with Crippen LogP contribution in [0.3, 0.4) is 0 Å². The molecule has 0 bridgehead atoms. The van der Waals surface area contributed by atoms with Gasteiger partial charge in [-0.1, -0.05) is 6.58 Å². The Morgan fingerprint density at radius 3 is 2.53 bits per heavy atom. The Morgan fingerprint density at radius 2 is 1.95 bits per heavy atom. The lowest BCUT2D eigenvalue weighted by atomic mass is 10.2. The molecule has 0 radical (unpaired) electrons. The molecule has 1 aliphatic heterocycles. The molecule has 104 valence electrons. The fourth-order valence-corrected chi connectivity index (χ4v) is 3.12. The largest absolute Gasteiger partial charge is 0.370 e. The Kier molecular flexibility index (Phi) is 4.11. The van der Waals surface area contributed by atoms with Gasteiger partial charge in [-0.2, -0.15) is 0 Å². The maximum Gasteiger partial charge on any atom is 0.191 e. The summed E-state index contributed by atoms with van der Waals surface area (Å²) in [5, 5.41) is 2.07. The minimum absolute atomic E-state index is 0.0916. The van der Waals surface area contributed by atoms with E-state index >= 15 is 0 Å². The van der Waals surface area contributed by atoms with Crippen LogP contribution in [0.25, 0.3) is 5.70 Å². The summed E-state index contributed by atoms with van der Waals surface area (Å²) in [4.78, 5) is 9.92. The molecule has 19 heavy (non-hydrogen) atoms. The normalized spacial score (nSPS) is 16.4. The fourth-order valence-electron chi connectivity index (χ4n) is 2.13. The molecule has 4 N–H and O–H groups in total. The lowest BCUT2D eigenvalue weighted by Crippen LogP contribution is -2.43. The van der Waals surface area contributed by atoms with E-state index in [0.29, 0.717) is 0 Å². The van der Waals surface area contributed by atoms with E-state index in [9.17, 15) is 0 Å². The van der Waals surface area contributed by atoms with E-state index in [1.54, 1.807) is 11.3 Å². The molecule has 5 nitrogen and oxygen atoms in total. The molecule has 1 aromatic heterocycles. The molecule has 0 amide bonds. The second-order valence-corrected chi connectivity index (χ2v) is 5.75. The average molecular weight is 279 g/mol. The van der Waals surface area contributed by atoms with Gasteiger partial charge in [0.05, 0.1) is 10.6 Å². The van der Waals surface area contributed by atoms with Crippen LogP contribution >= 0.6 is 11.3 Å². The Bertz CT molecular complexity index is 493. The van der Waals surface area contributed by atoms with E-state index in [1.165, 1.54) is 0 Å². The summed E-state index contributed by atoms with van der Waals surface area (Å²) in [6.45, 7) is 10.3. The first kappa shape index (κ1) is 13.9. The number of piperazine rings is 1. The van der Waals surface area contributed by atoms with E-state index in [-0.39, 0.29) is 5.96 Å². The van der Waals surface area contributed by atoms with E-state index in [1.807, 2.05) is 6.92 Å². The third-order valence-corrected chi connectivity index (χ3v) is 4.47. The van der Waals surface area contributed by atoms with Crippen LogP contribution in [-0.4, -0.2) is 49.0 Å². The first-order valence-electron chi connectivity index (χ1n) is 6.29. The number of hydrogen-bond donors (Lipinski definition) is 2. The monoisotopic (exact) mass is 279 g/mol. The van der Waals surface area contributed by atoms with Crippen LogP contribution in [-0.2, 0) is 0 Å². The third kappa shape index (κ3) is 3.08. The third-order valence-electron chi connectivity index (χ3n) is 3.33. The number of hydrogen-bond acceptors (Lipinski definition) is 4. The highest BCUT2D eigenvalue weighted by Crippen LogP contribution is 2.36. The number of guanidine groups is 1. The predicted octanol–water partition coefficient (Wildman–Crippen LogP) is 1.18. The molecule has 0 aliphatic carbocycles. The summed E-state index contributed by atoms with van der Waals surface area (Å²) in [7, 11) is 2.14. The van der Waals surface area contributed by atoms with Crippen molar-refractivity contribution in [2.24, 2.45) is 16.5 Å². The summed E-state index contributed by atoms with van der Waals surface area (Å²) in [5.74, 6) is 0.0916. The topological polar surface area (TPSA) is 70.9 Å². The summed E-state index contributed by atoms with van der Waals surface area (Å²) >= 11 is 1.65. The van der Waals surface area contributed by atoms with Gasteiger partial charge >= 0.3 is 0 Å². The molecule has 1 aromatic rings. The predicted molar refractivity (Wildman–Crippen MR) is 82.6 cm³/mol. The smallest absolute Gasteiger partial charge is 0.191 e. The number of thiophene rings is 1. The molecular formula is C13H21N5S. The van der Waals surface area contributed by atoms with Gasteiger partial charge in [0.1, 0.15) is 0 Å². The van der Waals surface area contributed by atoms with Crippen molar-refractivity contribution in [3.8, 4) is 0 Å². The van der Waals surface area contributed by atoms with Gasteiger partial charge in [0.2, 0.25) is 0 Å². The minimum Gasteiger partial charge on any atom is -0.370 e. The van der Waals surface area contributed by atoms with Crippen molar-refractivity contribution in [1.29, 1.82) is 0 Å². The van der Waals surface area contributed by atoms with Crippen molar-refractivity contribution in [2.45, 2.75) is 6.92 Å². The number of likely N-dealkylation sites (N-methyl/N-ethyl adjacent to an activating group) is 1. The molecule has 2 rings (SSSR count). The highest BCUT2D eigenvalue weighted by molar-refractivity contribution is 7.11. The van der Waals surface area contributed by atoms with Gasteiger partial charge in [-0.05, 0) is 24.9 Å². The quantitative estimate of drug-likeness (QED) is 0.644. The van der Waals surface area contributed by atoms with Crippen LogP contribution < -0.4 is 11.5 Å². The maximum absolute atomic E-state index is 5.50. The number of nitrogens with two attached hydrogens (primary N) is 2. The number of nitrogens with zero attached hydrogens (tertiary/aromatic N) is 3. The minimum atomic E-state index is 0.0916. The Morgan fingerprint density at radius 1 is 1.32 bits per heavy atom. The summed E-state index contributed by atoms with van der Waals surface area (Å²) in [6, 6.07) is 0. The van der Waals surface area contributed by atoms with Crippen molar-refractivity contribution in [2.75, 3.05) is 33.2 Å². The lowest BCUT2D eigenvalue weighted by molar-refractivity contribution is 0.208. The van der Waals surface area contributed by atoms with Crippen LogP contribution in [0.1, 0.15) is 10.4 Å². The van der Waals surface area contributed by atoms with Gasteiger partial charge in [0, 0.05) is 31.9 Å². The van der Waals surface area contributed by atoms with Crippen LogP contribution in [0, 0.1) is 6.92 Å². The SMILES string of the molecule is C=C(c1scc(C)c1N=C(N)N)N1CCN(C)CC1. The van der Waals surface area contributed by atoms with Gasteiger partial charge < -0.3 is 21.3 Å². The summed E-state index contributed by atoms with van der Waals surface area (Å²) in [5.41, 5.74) is 14.0. The van der Waals surface area contributed by atoms with Crippen molar-refractivity contribution in [3.63, 3.8) is 0 Å². The van der Waals surface area contributed by atoms with Crippen LogP contribution in [0.5, 0.6) is 0 Å². The maximum atomic E-state index is 5.50. The molecule has 0 atom stereocenters. The zero-order valence-corrected chi connectivity index (χ0v) is 12.3. The second-order valence-electron chi connectivity index (χ2n) is 4.87. The first-order chi connectivity index (χ1) is 8.99. The van der Waals surface area contributed by atoms with Gasteiger partial charge in [0.25, 0.3) is 0 Å². The molecule has 6 heteroatoms. The Hall–Kier alpha value is -1.53. The van der Waals surface area contributed by atoms with Crippen molar-refractivity contribution < 1.29 is 0 Å². The molecule has 0 aromatic carbocycles. The van der Waals surface area contributed by atoms with Gasteiger partial charge in [-0.3, -0.25) is 0 Å². The summed E-state index contributed by atoms with van der Waals surface area (Å²) in [6.07, 6.45) is 0. The second kappa shape index (κ2) is 5.63. The average Bonchev–Trinajstić information content (AvgIpc) is 2.71. The van der Waals surface area contributed by atoms with Crippen molar-refractivity contribution >= 4 is 28.7 Å². The molecule has 1 saturated heterocycles. The standard InChI is InChI=1S/C13H21N5S/c1-9-8-19-12(11(9)16-13(14)15)10(2)18-6-4-17(3)5-7-18/h8H,2,4-7H2,1,3H3,(H4,14,15,16). The fraction of sp³-hybridized carbons (Fsp3) is 0.462. The zero-order chi connectivity index (χ0) is 14.0. The van der Waals surface area contributed by atoms with Crippen molar-refractivity contribution in [1.82, 2.24) is 9.80 Å². The first-order valence-corrected chi connectivity index (χ1v) is 7.17. The van der Waals surface area contributed by atoms with Gasteiger partial charge in [-0.15, -0.1) is 11.3 Å². The van der Waals surface area contributed by atoms with Crippen LogP contribution in [0.2, 0.25) is 0 Å². The van der Waals surface area contributed by atoms with E-state index in [0.717, 1.165) is 48.0 Å². The molecule has 0 saturated carbocycles. The van der Waals surface area contributed by atoms with E-state index < -0.39 is 0 Å². The molecular weight excluding hydrogens is 258 g/mol. The zero-order valence-electron chi connectivity index (χ0n) is 11.5. The molecule has 0 unspecified atom stereocenters. The van der Waals surface area contributed by atoms with Crippen molar-refractivity contribution in [3.05, 3.63) is 22.4 Å². The molecule has 0 spiro atoms.